The summed E-state index contributed by atoms with van der Waals surface area (Å²) < 4.78 is 0. The van der Waals surface area contributed by atoms with Crippen LogP contribution >= 0.6 is 0 Å². The highest BCUT2D eigenvalue weighted by molar-refractivity contribution is 5.85. The zero-order valence-corrected chi connectivity index (χ0v) is 15.5. The number of aliphatic imine (C=N–C) groups is 1. The maximum atomic E-state index is 10.7. The van der Waals surface area contributed by atoms with Gasteiger partial charge in [0.25, 0.3) is 0 Å². The van der Waals surface area contributed by atoms with Crippen molar-refractivity contribution in [3.05, 3.63) is 28.8 Å². The van der Waals surface area contributed by atoms with E-state index in [1.165, 1.54) is 37.7 Å². The third-order valence-electron chi connectivity index (χ3n) is 6.65. The fraction of sp³-hybridized carbons (Fsp3) is 0.682. The Morgan fingerprint density at radius 2 is 1.58 bits per heavy atom. The van der Waals surface area contributed by atoms with E-state index in [0.29, 0.717) is 11.8 Å². The molecule has 4 fully saturated rings. The first kappa shape index (κ1) is 16.2. The molecule has 0 aromatic heterocycles. The van der Waals surface area contributed by atoms with Gasteiger partial charge < -0.3 is 5.11 Å². The van der Waals surface area contributed by atoms with Crippen LogP contribution in [0.3, 0.4) is 0 Å². The van der Waals surface area contributed by atoms with E-state index in [9.17, 15) is 5.11 Å². The van der Waals surface area contributed by atoms with Gasteiger partial charge in [-0.25, -0.2) is 0 Å². The molecule has 2 heteroatoms. The van der Waals surface area contributed by atoms with Gasteiger partial charge in [0, 0.05) is 17.3 Å². The number of phenols is 1. The normalized spacial score (nSPS) is 35.1. The molecule has 4 saturated carbocycles. The average molecular weight is 325 g/mol. The number of hydrogen-bond acceptors (Lipinski definition) is 2. The van der Waals surface area contributed by atoms with E-state index in [0.717, 1.165) is 34.8 Å². The van der Waals surface area contributed by atoms with Crippen molar-refractivity contribution in [2.75, 3.05) is 0 Å². The van der Waals surface area contributed by atoms with Gasteiger partial charge in [-0.2, -0.15) is 0 Å². The molecule has 2 nitrogen and oxygen atoms in total. The number of phenolic OH excluding ortho intramolecular Hbond substituents is 1. The number of nitrogens with zero attached hydrogens (tertiary/aromatic N) is 1. The summed E-state index contributed by atoms with van der Waals surface area (Å²) in [6.07, 6.45) is 9.02. The second kappa shape index (κ2) is 5.61. The van der Waals surface area contributed by atoms with Crippen molar-refractivity contribution in [1.82, 2.24) is 0 Å². The Labute approximate surface area is 146 Å². The second-order valence-electron chi connectivity index (χ2n) is 9.70. The minimum absolute atomic E-state index is 0.0542. The van der Waals surface area contributed by atoms with Crippen LogP contribution in [0, 0.1) is 30.6 Å². The molecule has 0 unspecified atom stereocenters. The molecule has 4 aliphatic rings. The molecular formula is C22H31NO. The van der Waals surface area contributed by atoms with Crippen molar-refractivity contribution in [3.63, 3.8) is 0 Å². The molecule has 1 aromatic carbocycles. The number of rotatable bonds is 2. The lowest BCUT2D eigenvalue weighted by Gasteiger charge is -2.53. The largest absolute Gasteiger partial charge is 0.507 e. The number of hydrogen-bond donors (Lipinski definition) is 1. The van der Waals surface area contributed by atoms with Crippen molar-refractivity contribution in [3.8, 4) is 5.75 Å². The standard InChI is InChI=1S/C22H31NO/c1-13-5-18(21(24)19(6-13)22(2,3)4)12-23-20-16-8-14-7-15(10-16)11-17(20)9-14/h5-6,12,14-17,20,24H,7-11H2,1-4H3. The summed E-state index contributed by atoms with van der Waals surface area (Å²) in [7, 11) is 0. The van der Waals surface area contributed by atoms with E-state index in [2.05, 4.69) is 39.8 Å². The fourth-order valence-electron chi connectivity index (χ4n) is 5.78. The van der Waals surface area contributed by atoms with Crippen LogP contribution in [-0.2, 0) is 5.41 Å². The van der Waals surface area contributed by atoms with Gasteiger partial charge in [0.1, 0.15) is 5.75 Å². The maximum absolute atomic E-state index is 10.7. The van der Waals surface area contributed by atoms with Crippen LogP contribution in [0.4, 0.5) is 0 Å². The predicted octanol–water partition coefficient (Wildman–Crippen LogP) is 5.24. The van der Waals surface area contributed by atoms with Crippen molar-refractivity contribution < 1.29 is 5.11 Å². The summed E-state index contributed by atoms with van der Waals surface area (Å²) in [4.78, 5) is 5.03. The van der Waals surface area contributed by atoms with E-state index in [1.807, 2.05) is 6.21 Å². The molecule has 1 aromatic rings. The summed E-state index contributed by atoms with van der Waals surface area (Å²) in [5.74, 6) is 3.98. The minimum Gasteiger partial charge on any atom is -0.507 e. The Bertz CT molecular complexity index is 639. The molecule has 4 aliphatic carbocycles. The van der Waals surface area contributed by atoms with Gasteiger partial charge >= 0.3 is 0 Å². The fourth-order valence-corrected chi connectivity index (χ4v) is 5.78. The Morgan fingerprint density at radius 1 is 1.00 bits per heavy atom. The van der Waals surface area contributed by atoms with Gasteiger partial charge in [-0.05, 0) is 79.7 Å². The average Bonchev–Trinajstić information content (AvgIpc) is 2.47. The number of aromatic hydroxyl groups is 1. The molecule has 0 amide bonds. The van der Waals surface area contributed by atoms with Crippen molar-refractivity contribution in [2.45, 2.75) is 71.3 Å². The van der Waals surface area contributed by atoms with Gasteiger partial charge in [-0.15, -0.1) is 0 Å². The molecule has 5 rings (SSSR count). The molecule has 1 N–H and O–H groups in total. The maximum Gasteiger partial charge on any atom is 0.128 e. The Morgan fingerprint density at radius 3 is 2.12 bits per heavy atom. The van der Waals surface area contributed by atoms with E-state index >= 15 is 0 Å². The zero-order chi connectivity index (χ0) is 17.1. The van der Waals surface area contributed by atoms with Gasteiger partial charge in [0.2, 0.25) is 0 Å². The van der Waals surface area contributed by atoms with E-state index in [4.69, 9.17) is 4.99 Å². The molecule has 130 valence electrons. The van der Waals surface area contributed by atoms with E-state index in [1.54, 1.807) is 0 Å². The summed E-state index contributed by atoms with van der Waals surface area (Å²) in [6.45, 7) is 8.57. The van der Waals surface area contributed by atoms with Crippen LogP contribution in [0.5, 0.6) is 5.75 Å². The Balaban J connectivity index is 1.61. The number of benzene rings is 1. The lowest BCUT2D eigenvalue weighted by Crippen LogP contribution is -2.47. The van der Waals surface area contributed by atoms with Gasteiger partial charge in [0.05, 0.1) is 6.04 Å². The second-order valence-corrected chi connectivity index (χ2v) is 9.70. The first-order chi connectivity index (χ1) is 11.3. The monoisotopic (exact) mass is 325 g/mol. The zero-order valence-electron chi connectivity index (χ0n) is 15.5. The Hall–Kier alpha value is -1.31. The van der Waals surface area contributed by atoms with E-state index < -0.39 is 0 Å². The van der Waals surface area contributed by atoms with E-state index in [-0.39, 0.29) is 5.41 Å². The van der Waals surface area contributed by atoms with Crippen LogP contribution in [0.2, 0.25) is 0 Å². The Kier molecular flexibility index (Phi) is 3.78. The molecule has 0 spiro atoms. The molecule has 0 aliphatic heterocycles. The molecule has 0 saturated heterocycles. The first-order valence-electron chi connectivity index (χ1n) is 9.68. The van der Waals surface area contributed by atoms with Crippen LogP contribution in [-0.4, -0.2) is 17.4 Å². The first-order valence-corrected chi connectivity index (χ1v) is 9.68. The summed E-state index contributed by atoms with van der Waals surface area (Å²) in [6, 6.07) is 4.68. The molecule has 0 heterocycles. The molecular weight excluding hydrogens is 294 g/mol. The third-order valence-corrected chi connectivity index (χ3v) is 6.65. The summed E-state index contributed by atoms with van der Waals surface area (Å²) in [5.41, 5.74) is 3.06. The molecule has 0 atom stereocenters. The quantitative estimate of drug-likeness (QED) is 0.741. The topological polar surface area (TPSA) is 32.6 Å². The highest BCUT2D eigenvalue weighted by atomic mass is 16.3. The lowest BCUT2D eigenvalue weighted by atomic mass is 9.54. The highest BCUT2D eigenvalue weighted by Crippen LogP contribution is 2.54. The van der Waals surface area contributed by atoms with Crippen LogP contribution in [0.15, 0.2) is 17.1 Å². The smallest absolute Gasteiger partial charge is 0.128 e. The predicted molar refractivity (Wildman–Crippen MR) is 100.0 cm³/mol. The summed E-state index contributed by atoms with van der Waals surface area (Å²) >= 11 is 0. The third kappa shape index (κ3) is 2.78. The summed E-state index contributed by atoms with van der Waals surface area (Å²) in [5, 5.41) is 10.7. The van der Waals surface area contributed by atoms with Crippen molar-refractivity contribution in [2.24, 2.45) is 28.7 Å². The SMILES string of the molecule is Cc1cc(C=NC2C3CC4CC(C3)CC2C4)c(O)c(C(C)(C)C)c1. The lowest BCUT2D eigenvalue weighted by molar-refractivity contribution is 0.00146. The van der Waals surface area contributed by atoms with Gasteiger partial charge in [-0.3, -0.25) is 4.99 Å². The van der Waals surface area contributed by atoms with Crippen LogP contribution in [0.25, 0.3) is 0 Å². The minimum atomic E-state index is -0.0542. The number of aryl methyl sites for hydroxylation is 1. The van der Waals surface area contributed by atoms with Crippen LogP contribution in [0.1, 0.15) is 69.6 Å². The molecule has 24 heavy (non-hydrogen) atoms. The molecule has 0 radical (unpaired) electrons. The van der Waals surface area contributed by atoms with Gasteiger partial charge in [0.15, 0.2) is 0 Å². The van der Waals surface area contributed by atoms with Gasteiger partial charge in [-0.1, -0.05) is 26.8 Å². The van der Waals surface area contributed by atoms with Crippen molar-refractivity contribution >= 4 is 6.21 Å². The van der Waals surface area contributed by atoms with Crippen LogP contribution < -0.4 is 0 Å². The highest BCUT2D eigenvalue weighted by Gasteiger charge is 2.48. The van der Waals surface area contributed by atoms with Crippen molar-refractivity contribution in [1.29, 1.82) is 0 Å². The molecule has 4 bridgehead atoms.